The van der Waals surface area contributed by atoms with E-state index in [9.17, 15) is 4.79 Å². The van der Waals surface area contributed by atoms with Crippen LogP contribution in [0, 0.1) is 11.3 Å². The minimum atomic E-state index is -0.478. The summed E-state index contributed by atoms with van der Waals surface area (Å²) >= 11 is 3.35. The molecule has 0 atom stereocenters. The number of nitriles is 1. The van der Waals surface area contributed by atoms with Crippen LogP contribution in [0.25, 0.3) is 0 Å². The quantitative estimate of drug-likeness (QED) is 0.775. The van der Waals surface area contributed by atoms with Gasteiger partial charge in [0.2, 0.25) is 0 Å². The summed E-state index contributed by atoms with van der Waals surface area (Å²) in [5.41, 5.74) is 1.54. The first-order chi connectivity index (χ1) is 7.15. The number of carbonyl (C=O) groups excluding carboxylic acids is 1. The molecule has 78 valence electrons. The molecule has 0 saturated carbocycles. The van der Waals surface area contributed by atoms with Crippen LogP contribution in [0.2, 0.25) is 0 Å². The van der Waals surface area contributed by atoms with Crippen molar-refractivity contribution in [2.45, 2.75) is 13.3 Å². The largest absolute Gasteiger partial charge is 0.465 e. The second-order valence-electron chi connectivity index (χ2n) is 2.91. The molecule has 4 heteroatoms. The molecule has 0 unspecified atom stereocenters. The average Bonchev–Trinajstić information content (AvgIpc) is 2.27. The number of rotatable bonds is 2. The van der Waals surface area contributed by atoms with E-state index < -0.39 is 5.97 Å². The second-order valence-corrected chi connectivity index (χ2v) is 3.76. The Bertz CT molecular complexity index is 435. The van der Waals surface area contributed by atoms with Crippen LogP contribution in [-0.4, -0.2) is 13.1 Å². The Morgan fingerprint density at radius 2 is 2.27 bits per heavy atom. The zero-order valence-corrected chi connectivity index (χ0v) is 10.1. The molecule has 0 radical (unpaired) electrons. The predicted octanol–water partition coefficient (Wildman–Crippen LogP) is 2.67. The number of benzene rings is 1. The van der Waals surface area contributed by atoms with E-state index in [0.717, 1.165) is 10.0 Å². The van der Waals surface area contributed by atoms with Crippen LogP contribution < -0.4 is 0 Å². The van der Waals surface area contributed by atoms with Crippen molar-refractivity contribution in [3.8, 4) is 6.07 Å². The molecule has 0 aliphatic rings. The van der Waals surface area contributed by atoms with Crippen LogP contribution in [0.5, 0.6) is 0 Å². The Hall–Kier alpha value is -1.34. The molecule has 0 aliphatic heterocycles. The Balaban J connectivity index is 3.43. The van der Waals surface area contributed by atoms with Gasteiger partial charge in [-0.2, -0.15) is 5.26 Å². The molecular weight excluding hydrogens is 258 g/mol. The monoisotopic (exact) mass is 267 g/mol. The van der Waals surface area contributed by atoms with Crippen LogP contribution in [-0.2, 0) is 11.2 Å². The zero-order chi connectivity index (χ0) is 11.4. The minimum Gasteiger partial charge on any atom is -0.465 e. The van der Waals surface area contributed by atoms with Crippen LogP contribution in [0.4, 0.5) is 0 Å². The number of esters is 1. The second kappa shape index (κ2) is 4.94. The molecule has 1 aromatic rings. The summed E-state index contributed by atoms with van der Waals surface area (Å²) < 4.78 is 5.45. The van der Waals surface area contributed by atoms with Gasteiger partial charge >= 0.3 is 5.97 Å². The Morgan fingerprint density at radius 1 is 1.60 bits per heavy atom. The lowest BCUT2D eigenvalue weighted by Crippen LogP contribution is -2.06. The lowest BCUT2D eigenvalue weighted by molar-refractivity contribution is 0.0600. The average molecular weight is 268 g/mol. The first-order valence-electron chi connectivity index (χ1n) is 4.45. The Morgan fingerprint density at radius 3 is 2.73 bits per heavy atom. The van der Waals surface area contributed by atoms with E-state index in [1.54, 1.807) is 12.1 Å². The van der Waals surface area contributed by atoms with Gasteiger partial charge in [-0.1, -0.05) is 22.9 Å². The van der Waals surface area contributed by atoms with Crippen LogP contribution in [0.1, 0.15) is 28.4 Å². The van der Waals surface area contributed by atoms with Crippen molar-refractivity contribution in [1.29, 1.82) is 5.26 Å². The van der Waals surface area contributed by atoms with Gasteiger partial charge in [0.05, 0.1) is 18.2 Å². The lowest BCUT2D eigenvalue weighted by Gasteiger charge is -2.08. The van der Waals surface area contributed by atoms with Gasteiger partial charge in [0.25, 0.3) is 0 Å². The molecular formula is C11H10BrNO2. The summed E-state index contributed by atoms with van der Waals surface area (Å²) in [7, 11) is 1.30. The Kier molecular flexibility index (Phi) is 3.87. The summed E-state index contributed by atoms with van der Waals surface area (Å²) in [6, 6.07) is 5.39. The van der Waals surface area contributed by atoms with Gasteiger partial charge in [-0.25, -0.2) is 4.79 Å². The summed E-state index contributed by atoms with van der Waals surface area (Å²) in [5, 5.41) is 9.02. The van der Waals surface area contributed by atoms with Crippen molar-refractivity contribution in [2.24, 2.45) is 0 Å². The maximum absolute atomic E-state index is 11.4. The molecule has 0 saturated heterocycles. The number of nitrogens with zero attached hydrogens (tertiary/aromatic N) is 1. The molecule has 0 bridgehead atoms. The molecule has 0 amide bonds. The van der Waals surface area contributed by atoms with Crippen molar-refractivity contribution in [2.75, 3.05) is 7.11 Å². The molecule has 0 fully saturated rings. The fraction of sp³-hybridized carbons (Fsp3) is 0.273. The molecule has 0 heterocycles. The van der Waals surface area contributed by atoms with Crippen LogP contribution >= 0.6 is 15.9 Å². The van der Waals surface area contributed by atoms with E-state index >= 15 is 0 Å². The van der Waals surface area contributed by atoms with Crippen LogP contribution in [0.15, 0.2) is 16.6 Å². The van der Waals surface area contributed by atoms with E-state index in [2.05, 4.69) is 20.7 Å². The fourth-order valence-electron chi connectivity index (χ4n) is 1.38. The van der Waals surface area contributed by atoms with Crippen molar-refractivity contribution in [3.63, 3.8) is 0 Å². The normalized spacial score (nSPS) is 9.47. The highest BCUT2D eigenvalue weighted by atomic mass is 79.9. The fourth-order valence-corrected chi connectivity index (χ4v) is 1.99. The molecule has 15 heavy (non-hydrogen) atoms. The smallest absolute Gasteiger partial charge is 0.339 e. The van der Waals surface area contributed by atoms with Crippen LogP contribution in [0.3, 0.4) is 0 Å². The standard InChI is InChI=1S/C11H10BrNO2/c1-3-7-9(6-13)8(11(14)15-2)4-5-10(7)12/h4-5H,3H2,1-2H3. The van der Waals surface area contributed by atoms with E-state index in [0.29, 0.717) is 17.5 Å². The highest BCUT2D eigenvalue weighted by Gasteiger charge is 2.16. The Labute approximate surface area is 96.8 Å². The number of methoxy groups -OCH3 is 1. The third-order valence-corrected chi connectivity index (χ3v) is 2.87. The molecule has 0 spiro atoms. The first-order valence-corrected chi connectivity index (χ1v) is 5.24. The SMILES string of the molecule is CCc1c(Br)ccc(C(=O)OC)c1C#N. The molecule has 1 aromatic carbocycles. The number of carbonyl (C=O) groups is 1. The van der Waals surface area contributed by atoms with Crippen molar-refractivity contribution in [3.05, 3.63) is 33.3 Å². The topological polar surface area (TPSA) is 50.1 Å². The summed E-state index contributed by atoms with van der Waals surface area (Å²) in [5.74, 6) is -0.478. The third-order valence-electron chi connectivity index (χ3n) is 2.13. The van der Waals surface area contributed by atoms with E-state index in [1.165, 1.54) is 7.11 Å². The first kappa shape index (κ1) is 11.7. The highest BCUT2D eigenvalue weighted by Crippen LogP contribution is 2.24. The molecule has 0 aliphatic carbocycles. The zero-order valence-electron chi connectivity index (χ0n) is 8.50. The number of hydrogen-bond acceptors (Lipinski definition) is 3. The molecule has 1 rings (SSSR count). The number of hydrogen-bond donors (Lipinski definition) is 0. The predicted molar refractivity (Wildman–Crippen MR) is 59.6 cm³/mol. The van der Waals surface area contributed by atoms with Crippen molar-refractivity contribution >= 4 is 21.9 Å². The van der Waals surface area contributed by atoms with Gasteiger partial charge in [-0.05, 0) is 24.1 Å². The third kappa shape index (κ3) is 2.18. The minimum absolute atomic E-state index is 0.319. The highest BCUT2D eigenvalue weighted by molar-refractivity contribution is 9.10. The molecule has 0 aromatic heterocycles. The van der Waals surface area contributed by atoms with Gasteiger partial charge < -0.3 is 4.74 Å². The maximum Gasteiger partial charge on any atom is 0.339 e. The summed E-state index contributed by atoms with van der Waals surface area (Å²) in [4.78, 5) is 11.4. The maximum atomic E-state index is 11.4. The van der Waals surface area contributed by atoms with Gasteiger partial charge in [-0.15, -0.1) is 0 Å². The summed E-state index contributed by atoms with van der Waals surface area (Å²) in [6.45, 7) is 1.93. The van der Waals surface area contributed by atoms with Gasteiger partial charge in [0.15, 0.2) is 0 Å². The van der Waals surface area contributed by atoms with Gasteiger partial charge in [0.1, 0.15) is 6.07 Å². The molecule has 3 nitrogen and oxygen atoms in total. The van der Waals surface area contributed by atoms with E-state index in [4.69, 9.17) is 5.26 Å². The number of ether oxygens (including phenoxy) is 1. The van der Waals surface area contributed by atoms with Crippen molar-refractivity contribution < 1.29 is 9.53 Å². The van der Waals surface area contributed by atoms with Crippen molar-refractivity contribution in [1.82, 2.24) is 0 Å². The lowest BCUT2D eigenvalue weighted by atomic mass is 10.0. The van der Waals surface area contributed by atoms with E-state index in [1.807, 2.05) is 13.0 Å². The van der Waals surface area contributed by atoms with Gasteiger partial charge in [-0.3, -0.25) is 0 Å². The summed E-state index contributed by atoms with van der Waals surface area (Å²) in [6.07, 6.45) is 0.689. The van der Waals surface area contributed by atoms with Gasteiger partial charge in [0, 0.05) is 4.47 Å². The molecule has 0 N–H and O–H groups in total. The number of halogens is 1. The van der Waals surface area contributed by atoms with E-state index in [-0.39, 0.29) is 0 Å².